The Bertz CT molecular complexity index is 6540. The summed E-state index contributed by atoms with van der Waals surface area (Å²) in [5.74, 6) is -5.72. The molecule has 8 aliphatic heterocycles. The van der Waals surface area contributed by atoms with Crippen LogP contribution in [0.4, 0.5) is 51.7 Å². The second kappa shape index (κ2) is 46.9. The molecular formula is C108H129BrF4N18O12. The molecule has 0 saturated carbocycles. The molecule has 758 valence electrons. The minimum absolute atomic E-state index is 0.00171. The highest BCUT2D eigenvalue weighted by molar-refractivity contribution is 9.10. The number of halogens is 5. The van der Waals surface area contributed by atoms with E-state index in [1.54, 1.807) is 36.4 Å². The van der Waals surface area contributed by atoms with Crippen LogP contribution in [-0.2, 0) is 59.2 Å². The first kappa shape index (κ1) is 106. The summed E-state index contributed by atoms with van der Waals surface area (Å²) >= 11 is 3.49. The number of benzene rings is 5. The summed E-state index contributed by atoms with van der Waals surface area (Å²) in [4.78, 5) is 159. The molecule has 0 spiro atoms. The average molecular weight is 2030 g/mol. The Morgan fingerprint density at radius 3 is 1.10 bits per heavy atom. The predicted molar refractivity (Wildman–Crippen MR) is 556 cm³/mol. The van der Waals surface area contributed by atoms with Crippen LogP contribution in [0.2, 0.25) is 0 Å². The largest absolute Gasteiger partial charge is 0.384 e. The highest BCUT2D eigenvalue weighted by Gasteiger charge is 2.38. The maximum Gasteiger partial charge on any atom is 0.256 e. The van der Waals surface area contributed by atoms with E-state index in [1.807, 2.05) is 71.6 Å². The van der Waals surface area contributed by atoms with Gasteiger partial charge >= 0.3 is 0 Å². The first-order valence-electron chi connectivity index (χ1n) is 49.5. The summed E-state index contributed by atoms with van der Waals surface area (Å²) in [6.07, 6.45) is 12.1. The maximum absolute atomic E-state index is 14.8. The van der Waals surface area contributed by atoms with E-state index >= 15 is 0 Å². The Morgan fingerprint density at radius 1 is 0.413 bits per heavy atom. The Hall–Kier alpha value is -13.2. The molecule has 1 atom stereocenters. The van der Waals surface area contributed by atoms with Gasteiger partial charge in [-0.3, -0.25) is 47.9 Å². The molecule has 4 aromatic heterocycles. The predicted octanol–water partition coefficient (Wildman–Crippen LogP) is 16.1. The average Bonchev–Trinajstić information content (AvgIpc) is 1.62. The highest BCUT2D eigenvalue weighted by atomic mass is 79.9. The highest BCUT2D eigenvalue weighted by Crippen LogP contribution is 2.45. The molecule has 8 aliphatic rings. The van der Waals surface area contributed by atoms with E-state index in [0.717, 1.165) is 221 Å². The molecule has 5 aromatic carbocycles. The van der Waals surface area contributed by atoms with Gasteiger partial charge in [0, 0.05) is 175 Å². The fourth-order valence-corrected chi connectivity index (χ4v) is 20.1. The van der Waals surface area contributed by atoms with Gasteiger partial charge in [-0.25, -0.2) is 17.6 Å². The van der Waals surface area contributed by atoms with Gasteiger partial charge in [-0.15, -0.1) is 0 Å². The molecule has 0 fully saturated rings. The molecule has 12 heterocycles. The Morgan fingerprint density at radius 2 is 0.741 bits per heavy atom. The van der Waals surface area contributed by atoms with Gasteiger partial charge in [0.1, 0.15) is 24.3 Å². The van der Waals surface area contributed by atoms with E-state index < -0.39 is 47.1 Å². The van der Waals surface area contributed by atoms with E-state index in [0.29, 0.717) is 124 Å². The first-order valence-corrected chi connectivity index (χ1v) is 50.3. The second-order valence-electron chi connectivity index (χ2n) is 36.7. The fraction of sp³-hybridized carbons (Fsp3) is 0.407. The molecule has 9 aromatic rings. The molecular weight excluding hydrogens is 1900 g/mol. The molecule has 0 radical (unpaired) electrons. The Labute approximate surface area is 839 Å². The van der Waals surface area contributed by atoms with Gasteiger partial charge in [0.25, 0.3) is 53.2 Å². The van der Waals surface area contributed by atoms with Crippen molar-refractivity contribution >= 4 is 156 Å². The van der Waals surface area contributed by atoms with Crippen molar-refractivity contribution in [1.29, 1.82) is 0 Å². The topological polar surface area (TPSA) is 361 Å². The molecule has 0 bridgehead atoms. The van der Waals surface area contributed by atoms with Crippen LogP contribution in [0.5, 0.6) is 0 Å². The number of aromatic nitrogens is 4. The van der Waals surface area contributed by atoms with E-state index in [1.165, 1.54) is 50.4 Å². The normalized spacial score (nSPS) is 16.6. The van der Waals surface area contributed by atoms with Crippen LogP contribution in [0.15, 0.2) is 83.3 Å². The Kier molecular flexibility index (Phi) is 34.7. The summed E-state index contributed by atoms with van der Waals surface area (Å²) in [5.41, 5.74) is 18.4. The summed E-state index contributed by atoms with van der Waals surface area (Å²) in [7, 11) is 1.37. The van der Waals surface area contributed by atoms with Gasteiger partial charge in [-0.1, -0.05) is 95.6 Å². The van der Waals surface area contributed by atoms with Crippen LogP contribution in [0.1, 0.15) is 219 Å². The van der Waals surface area contributed by atoms with Crippen LogP contribution in [0, 0.1) is 51.0 Å². The second-order valence-corrected chi connectivity index (χ2v) is 37.6. The first-order chi connectivity index (χ1) is 68.7. The van der Waals surface area contributed by atoms with Gasteiger partial charge in [-0.2, -0.15) is 0 Å². The molecule has 35 heteroatoms. The van der Waals surface area contributed by atoms with Gasteiger partial charge in [0.2, 0.25) is 5.91 Å². The quantitative estimate of drug-likeness (QED) is 0.0147. The number of ether oxygens (including phenoxy) is 1. The Balaban J connectivity index is 0.000000152. The maximum atomic E-state index is 14.8. The van der Waals surface area contributed by atoms with Crippen molar-refractivity contribution in [2.24, 2.45) is 0 Å². The van der Waals surface area contributed by atoms with Gasteiger partial charge in [0.15, 0.2) is 11.6 Å². The van der Waals surface area contributed by atoms with Crippen LogP contribution in [0.3, 0.4) is 0 Å². The number of methoxy groups -OCH3 is 1. The number of hydrogen-bond acceptors (Lipinski definition) is 16. The third-order valence-corrected chi connectivity index (χ3v) is 28.7. The number of aliphatic hydroxyl groups is 1. The molecule has 11 N–H and O–H groups in total. The lowest BCUT2D eigenvalue weighted by molar-refractivity contribution is -0.123. The molecule has 0 aliphatic carbocycles. The molecule has 143 heavy (non-hydrogen) atoms. The SMILES string of the molecule is CCN(CC)CCN1CCCc2[nH]c(/C=C3\C(=O)Nc4cc(NC(=O)COC)c(F)cc43)c(C)c2C1=O.CCN(CC)CCN1CCCc2[nH]c(/C=C3\C(=O)Nc4cc(NC(=O)[C@H](C)O)c(F)cc43)c(C)c2C1=O.CCN(CC)CCN1CCCc2[nH]c(/C=C3\C(=O)Nc4ccc(Br)cc43)c(C)c2C1=O.CCN(CC)CCN1CCCc2[nH]c(/C=C3\C(=O)Nc4cccc(-c5cccc(F)c5F)c43)c(C)c2C1=O. The lowest BCUT2D eigenvalue weighted by atomic mass is 9.93. The summed E-state index contributed by atoms with van der Waals surface area (Å²) in [6, 6.07) is 20.0. The van der Waals surface area contributed by atoms with Gasteiger partial charge in [0.05, 0.1) is 67.3 Å². The number of anilines is 6. The number of H-pyrrole nitrogens is 4. The number of carbonyl (C=O) groups is 10. The molecule has 10 amide bonds. The number of rotatable bonds is 30. The zero-order valence-electron chi connectivity index (χ0n) is 83.8. The van der Waals surface area contributed by atoms with Crippen molar-refractivity contribution in [3.05, 3.63) is 219 Å². The van der Waals surface area contributed by atoms with Crippen LogP contribution >= 0.6 is 15.9 Å². The van der Waals surface area contributed by atoms with Crippen molar-refractivity contribution < 1.29 is 75.4 Å². The number of aliphatic hydroxyl groups excluding tert-OH is 1. The van der Waals surface area contributed by atoms with E-state index in [2.05, 4.69) is 143 Å². The zero-order chi connectivity index (χ0) is 103. The number of hydrogen-bond donors (Lipinski definition) is 11. The summed E-state index contributed by atoms with van der Waals surface area (Å²) in [5, 5.41) is 25.3. The number of aromatic amines is 4. The number of nitrogens with one attached hydrogen (secondary N) is 10. The fourth-order valence-electron chi connectivity index (χ4n) is 19.8. The molecule has 0 unspecified atom stereocenters. The third-order valence-electron chi connectivity index (χ3n) is 28.2. The van der Waals surface area contributed by atoms with E-state index in [4.69, 9.17) is 4.74 Å². The number of carbonyl (C=O) groups excluding carboxylic acids is 10. The van der Waals surface area contributed by atoms with Crippen molar-refractivity contribution in [2.45, 2.75) is 147 Å². The summed E-state index contributed by atoms with van der Waals surface area (Å²) in [6.45, 7) is 42.2. The van der Waals surface area contributed by atoms with Crippen molar-refractivity contribution in [2.75, 3.05) is 177 Å². The third kappa shape index (κ3) is 23.2. The number of aryl methyl sites for hydroxylation is 4. The lowest BCUT2D eigenvalue weighted by Gasteiger charge is -2.25. The lowest BCUT2D eigenvalue weighted by Crippen LogP contribution is -2.38. The van der Waals surface area contributed by atoms with E-state index in [9.17, 15) is 70.6 Å². The minimum atomic E-state index is -1.31. The van der Waals surface area contributed by atoms with Crippen LogP contribution < -0.4 is 31.9 Å². The smallest absolute Gasteiger partial charge is 0.256 e. The van der Waals surface area contributed by atoms with Crippen molar-refractivity contribution in [1.82, 2.24) is 59.1 Å². The zero-order valence-corrected chi connectivity index (χ0v) is 85.4. The van der Waals surface area contributed by atoms with Gasteiger partial charge < -0.3 is 101 Å². The van der Waals surface area contributed by atoms with Crippen LogP contribution in [-0.4, -0.2) is 274 Å². The molecule has 0 saturated heterocycles. The van der Waals surface area contributed by atoms with Gasteiger partial charge in [-0.05, 0) is 245 Å². The van der Waals surface area contributed by atoms with E-state index in [-0.39, 0.29) is 76.0 Å². The number of likely N-dealkylation sites (N-methyl/N-ethyl adjacent to an activating group) is 4. The number of amides is 10. The standard InChI is InChI=1S/C30H32F2N4O2.2C27H34FN5O4.C24H29BrN4O2/c1-4-35(5-2)15-16-36-14-8-13-23-26(30(36)38)18(3)25(33-23)17-21-27-19(9-7-12-24(27)34-29(21)37)20-10-6-11-22(31)28(20)32;1-5-32(6-2)10-11-33-9-7-8-20-25(27(33)36)16(3)21(29-20)13-18-17-12-19(28)23(30-24(34)15-37-4)14-22(17)31-26(18)35;1-5-32(6-2)10-11-33-9-7-8-20-24(27(33)37)15(3)21(29-20)13-18-17-12-19(28)23(31-25(35)16(4)34)14-22(17)30-26(18)36;1-4-28(5-2)11-12-29-10-6-7-20-22(24(29)31)15(3)21(26-20)14-18-17-13-16(25)8-9-19(17)27-23(18)30/h6-7,9-12,17,33H,4-5,8,13-16H2,1-3H3,(H,34,37);12-14,29H,5-11,15H2,1-4H3,(H,30,34)(H,31,35);12-14,16,29,34H,5-11H2,1-4H3,(H,30,36)(H,31,35);8-9,13-14,26H,4-7,10-12H2,1-3H3,(H,27,30)/b21-17-;2*18-13-;18-14-/t;;16-;/m..0./s1. The summed E-state index contributed by atoms with van der Waals surface area (Å²) < 4.78 is 64.0. The van der Waals surface area contributed by atoms with Crippen LogP contribution in [0.25, 0.3) is 57.7 Å². The molecule has 17 rings (SSSR count). The number of fused-ring (bicyclic) bond motifs is 8. The molecule has 30 nitrogen and oxygen atoms in total. The monoisotopic (exact) mass is 2020 g/mol. The van der Waals surface area contributed by atoms with Crippen molar-refractivity contribution in [3.8, 4) is 11.1 Å². The number of nitrogens with zero attached hydrogens (tertiary/aromatic N) is 8. The van der Waals surface area contributed by atoms with Crippen molar-refractivity contribution in [3.63, 3.8) is 0 Å². The minimum Gasteiger partial charge on any atom is -0.384 e.